The standard InChI is InChI=1S/C40H51N7O8S/c1-22(39(3,4)5)41-37(53)44-28-13-11-9-7-8-10-12-24-19-40(24,36(51)52)46-34(49)32-17-26(20-47(32)35(28)50)55-33-18-30(31-21-56-38(45-31)42-23(2)48)43-29-16-25(54-6)14-15-27(29)33/h10,12,14-16,18,21-22,24,26,28,32H,7-9,11,13,17,19-20H2,1-6H3,(H,46,49)(H,51,52)(H2,41,44,53)(H,42,45,48)/b12-10-/t22-,24-,26-,28+,32+,40-/m1/s1. The molecule has 3 aliphatic rings. The lowest BCUT2D eigenvalue weighted by atomic mass is 9.88. The molecule has 0 bridgehead atoms. The highest BCUT2D eigenvalue weighted by molar-refractivity contribution is 7.14. The summed E-state index contributed by atoms with van der Waals surface area (Å²) in [6.07, 6.45) is 6.80. The number of anilines is 1. The number of carbonyl (C=O) groups is 5. The zero-order valence-corrected chi connectivity index (χ0v) is 33.5. The second kappa shape index (κ2) is 16.5. The van der Waals surface area contributed by atoms with Gasteiger partial charge in [-0.25, -0.2) is 19.6 Å². The quantitative estimate of drug-likeness (QED) is 0.188. The summed E-state index contributed by atoms with van der Waals surface area (Å²) < 4.78 is 12.1. The molecule has 0 unspecified atom stereocenters. The zero-order valence-electron chi connectivity index (χ0n) is 32.6. The molecule has 16 heteroatoms. The number of benzene rings is 1. The lowest BCUT2D eigenvalue weighted by Gasteiger charge is -2.31. The van der Waals surface area contributed by atoms with Crippen LogP contribution in [0.25, 0.3) is 22.3 Å². The number of nitrogens with zero attached hydrogens (tertiary/aromatic N) is 3. The molecule has 3 aromatic rings. The number of carboxylic acid groups (broad SMARTS) is 1. The average Bonchev–Trinajstić information content (AvgIpc) is 3.40. The fourth-order valence-corrected chi connectivity index (χ4v) is 7.82. The van der Waals surface area contributed by atoms with Crippen molar-refractivity contribution in [3.63, 3.8) is 0 Å². The molecule has 56 heavy (non-hydrogen) atoms. The number of ether oxygens (including phenoxy) is 2. The summed E-state index contributed by atoms with van der Waals surface area (Å²) in [5.41, 5.74) is -0.187. The Morgan fingerprint density at radius 3 is 2.61 bits per heavy atom. The first-order valence-electron chi connectivity index (χ1n) is 19.1. The number of carbonyl (C=O) groups excluding carboxylic acids is 4. The average molecular weight is 790 g/mol. The van der Waals surface area contributed by atoms with Crippen molar-refractivity contribution in [3.05, 3.63) is 41.8 Å². The van der Waals surface area contributed by atoms with Crippen molar-refractivity contribution < 1.29 is 38.6 Å². The highest BCUT2D eigenvalue weighted by Crippen LogP contribution is 2.45. The van der Waals surface area contributed by atoms with Crippen LogP contribution in [0.1, 0.15) is 79.6 Å². The molecular weight excluding hydrogens is 739 g/mol. The number of pyridine rings is 1. The van der Waals surface area contributed by atoms with E-state index < -0.39 is 47.5 Å². The molecule has 2 aromatic heterocycles. The number of aromatic nitrogens is 2. The molecule has 0 spiro atoms. The first kappa shape index (κ1) is 40.4. The number of thiazole rings is 1. The summed E-state index contributed by atoms with van der Waals surface area (Å²) >= 11 is 1.25. The van der Waals surface area contributed by atoms with Crippen molar-refractivity contribution in [2.45, 2.75) is 109 Å². The fraction of sp³-hybridized carbons (Fsp3) is 0.525. The van der Waals surface area contributed by atoms with Gasteiger partial charge in [0.15, 0.2) is 5.13 Å². The number of urea groups is 1. The van der Waals surface area contributed by atoms with Crippen LogP contribution in [-0.2, 0) is 19.2 Å². The Kier molecular flexibility index (Phi) is 11.9. The van der Waals surface area contributed by atoms with Crippen molar-refractivity contribution in [1.29, 1.82) is 0 Å². The van der Waals surface area contributed by atoms with Gasteiger partial charge in [0.1, 0.15) is 40.9 Å². The Morgan fingerprint density at radius 1 is 1.11 bits per heavy atom. The number of hydrogen-bond donors (Lipinski definition) is 5. The Balaban J connectivity index is 1.34. The number of aliphatic carboxylic acids is 1. The second-order valence-electron chi connectivity index (χ2n) is 16.0. The summed E-state index contributed by atoms with van der Waals surface area (Å²) in [7, 11) is 1.55. The van der Waals surface area contributed by atoms with E-state index in [2.05, 4.69) is 26.3 Å². The van der Waals surface area contributed by atoms with Crippen LogP contribution in [0.5, 0.6) is 11.5 Å². The van der Waals surface area contributed by atoms with E-state index in [1.165, 1.54) is 23.2 Å². The van der Waals surface area contributed by atoms with Gasteiger partial charge in [-0.3, -0.25) is 14.4 Å². The smallest absolute Gasteiger partial charge is 0.330 e. The second-order valence-corrected chi connectivity index (χ2v) is 16.8. The number of allylic oxidation sites excluding steroid dienone is 1. The van der Waals surface area contributed by atoms with Crippen LogP contribution >= 0.6 is 11.3 Å². The number of fused-ring (bicyclic) bond motifs is 3. The van der Waals surface area contributed by atoms with Gasteiger partial charge in [-0.2, -0.15) is 0 Å². The molecule has 1 saturated heterocycles. The molecule has 5 amide bonds. The van der Waals surface area contributed by atoms with E-state index in [0.717, 1.165) is 19.3 Å². The maximum Gasteiger partial charge on any atom is 0.330 e. The van der Waals surface area contributed by atoms with Crippen LogP contribution in [0.3, 0.4) is 0 Å². The molecule has 6 atom stereocenters. The molecule has 2 fully saturated rings. The van der Waals surface area contributed by atoms with E-state index in [0.29, 0.717) is 51.8 Å². The van der Waals surface area contributed by atoms with Gasteiger partial charge in [-0.1, -0.05) is 45.8 Å². The summed E-state index contributed by atoms with van der Waals surface area (Å²) in [4.78, 5) is 77.1. The fourth-order valence-electron chi connectivity index (χ4n) is 7.07. The van der Waals surface area contributed by atoms with Crippen LogP contribution in [0.15, 0.2) is 41.8 Å². The largest absolute Gasteiger partial charge is 0.497 e. The molecule has 4 heterocycles. The zero-order chi connectivity index (χ0) is 40.4. The lowest BCUT2D eigenvalue weighted by molar-refractivity contribution is -0.145. The third kappa shape index (κ3) is 9.06. The number of carboxylic acids is 1. The summed E-state index contributed by atoms with van der Waals surface area (Å²) in [6.45, 7) is 9.32. The molecule has 300 valence electrons. The number of amides is 5. The highest BCUT2D eigenvalue weighted by Gasteiger charge is 2.61. The summed E-state index contributed by atoms with van der Waals surface area (Å²) in [6, 6.07) is 4.37. The molecule has 15 nitrogen and oxygen atoms in total. The van der Waals surface area contributed by atoms with Gasteiger partial charge in [-0.05, 0) is 50.2 Å². The van der Waals surface area contributed by atoms with Crippen molar-refractivity contribution in [2.75, 3.05) is 19.0 Å². The van der Waals surface area contributed by atoms with Crippen LogP contribution in [0.2, 0.25) is 0 Å². The van der Waals surface area contributed by atoms with Gasteiger partial charge in [0.25, 0.3) is 0 Å². The predicted octanol–water partition coefficient (Wildman–Crippen LogP) is 5.26. The minimum Gasteiger partial charge on any atom is -0.497 e. The van der Waals surface area contributed by atoms with Crippen LogP contribution in [-0.4, -0.2) is 93.1 Å². The molecule has 1 aliphatic carbocycles. The van der Waals surface area contributed by atoms with E-state index in [4.69, 9.17) is 14.5 Å². The lowest BCUT2D eigenvalue weighted by Crippen LogP contribution is -2.58. The molecule has 5 N–H and O–H groups in total. The van der Waals surface area contributed by atoms with Gasteiger partial charge in [0.05, 0.1) is 24.9 Å². The van der Waals surface area contributed by atoms with Crippen LogP contribution < -0.4 is 30.7 Å². The Hall–Kier alpha value is -5.25. The molecule has 1 aromatic carbocycles. The van der Waals surface area contributed by atoms with Crippen molar-refractivity contribution in [2.24, 2.45) is 11.3 Å². The highest BCUT2D eigenvalue weighted by atomic mass is 32.1. The third-order valence-electron chi connectivity index (χ3n) is 10.9. The van der Waals surface area contributed by atoms with Gasteiger partial charge < -0.3 is 40.7 Å². The van der Waals surface area contributed by atoms with Crippen LogP contribution in [0.4, 0.5) is 9.93 Å². The number of hydrogen-bond acceptors (Lipinski definition) is 10. The topological polar surface area (TPSA) is 201 Å². The summed E-state index contributed by atoms with van der Waals surface area (Å²) in [5.74, 6) is -1.81. The third-order valence-corrected chi connectivity index (χ3v) is 11.7. The first-order valence-corrected chi connectivity index (χ1v) is 19.9. The Bertz CT molecular complexity index is 2030. The number of methoxy groups -OCH3 is 1. The predicted molar refractivity (Wildman–Crippen MR) is 211 cm³/mol. The van der Waals surface area contributed by atoms with E-state index in [1.807, 2.05) is 45.9 Å². The van der Waals surface area contributed by atoms with Gasteiger partial charge >= 0.3 is 12.0 Å². The van der Waals surface area contributed by atoms with Crippen molar-refractivity contribution in [3.8, 4) is 22.9 Å². The maximum absolute atomic E-state index is 14.6. The van der Waals surface area contributed by atoms with E-state index in [1.54, 1.807) is 30.7 Å². The normalized spacial score (nSPS) is 25.4. The minimum absolute atomic E-state index is 0.00278. The molecule has 0 radical (unpaired) electrons. The van der Waals surface area contributed by atoms with Crippen molar-refractivity contribution >= 4 is 57.1 Å². The van der Waals surface area contributed by atoms with Crippen LogP contribution in [0, 0.1) is 11.3 Å². The minimum atomic E-state index is -1.47. The number of rotatable bonds is 8. The molecule has 1 saturated carbocycles. The molecular formula is C40H51N7O8S. The molecule has 6 rings (SSSR count). The number of nitrogens with one attached hydrogen (secondary N) is 4. The van der Waals surface area contributed by atoms with Crippen molar-refractivity contribution in [1.82, 2.24) is 30.8 Å². The van der Waals surface area contributed by atoms with Gasteiger partial charge in [0, 0.05) is 48.2 Å². The first-order chi connectivity index (χ1) is 26.6. The van der Waals surface area contributed by atoms with Gasteiger partial charge in [-0.15, -0.1) is 11.3 Å². The molecule has 2 aliphatic heterocycles. The SMILES string of the molecule is COc1ccc2c(O[C@@H]3C[C@H]4C(=O)N[C@]5(C(=O)O)C[C@H]5/C=C\CCCCC[C@H](NC(=O)N[C@H](C)C(C)(C)C)C(=O)N4C3)cc(-c3csc(NC(C)=O)n3)nc2c1. The Morgan fingerprint density at radius 2 is 1.89 bits per heavy atom. The van der Waals surface area contributed by atoms with E-state index in [-0.39, 0.29) is 42.7 Å². The Labute approximate surface area is 330 Å². The summed E-state index contributed by atoms with van der Waals surface area (Å²) in [5, 5.41) is 24.4. The van der Waals surface area contributed by atoms with E-state index >= 15 is 0 Å². The van der Waals surface area contributed by atoms with E-state index in [9.17, 15) is 29.1 Å². The monoisotopic (exact) mass is 789 g/mol. The maximum atomic E-state index is 14.6. The van der Waals surface area contributed by atoms with Gasteiger partial charge in [0.2, 0.25) is 17.7 Å².